The van der Waals surface area contributed by atoms with Crippen LogP contribution < -0.4 is 4.90 Å². The van der Waals surface area contributed by atoms with Crippen molar-refractivity contribution < 1.29 is 9.59 Å². The molecule has 2 aromatic carbocycles. The van der Waals surface area contributed by atoms with Crippen LogP contribution in [0.15, 0.2) is 72.8 Å². The molecular formula is C26H29N5O2. The van der Waals surface area contributed by atoms with Gasteiger partial charge in [-0.15, -0.1) is 10.2 Å². The van der Waals surface area contributed by atoms with Crippen LogP contribution in [0.5, 0.6) is 0 Å². The summed E-state index contributed by atoms with van der Waals surface area (Å²) in [4.78, 5) is 30.5. The van der Waals surface area contributed by atoms with E-state index in [4.69, 9.17) is 0 Å². The fraction of sp³-hybridized carbons (Fsp3) is 0.308. The number of rotatable bonds is 7. The molecule has 4 rings (SSSR count). The summed E-state index contributed by atoms with van der Waals surface area (Å²) in [5, 5.41) is 8.76. The predicted molar refractivity (Wildman–Crippen MR) is 129 cm³/mol. The van der Waals surface area contributed by atoms with Crippen molar-refractivity contribution in [2.24, 2.45) is 0 Å². The monoisotopic (exact) mass is 443 g/mol. The van der Waals surface area contributed by atoms with Crippen molar-refractivity contribution in [2.75, 3.05) is 44.2 Å². The van der Waals surface area contributed by atoms with Gasteiger partial charge in [0.1, 0.15) is 0 Å². The van der Waals surface area contributed by atoms with Crippen molar-refractivity contribution in [2.45, 2.75) is 13.3 Å². The van der Waals surface area contributed by atoms with Crippen LogP contribution >= 0.6 is 0 Å². The first-order valence-corrected chi connectivity index (χ1v) is 11.3. The molecule has 1 aromatic heterocycles. The van der Waals surface area contributed by atoms with E-state index < -0.39 is 0 Å². The van der Waals surface area contributed by atoms with Gasteiger partial charge in [0.15, 0.2) is 5.82 Å². The molecule has 0 bridgehead atoms. The van der Waals surface area contributed by atoms with Gasteiger partial charge in [0.05, 0.1) is 12.2 Å². The van der Waals surface area contributed by atoms with E-state index >= 15 is 0 Å². The second kappa shape index (κ2) is 10.7. The highest BCUT2D eigenvalue weighted by atomic mass is 16.2. The first-order chi connectivity index (χ1) is 16.1. The van der Waals surface area contributed by atoms with Crippen LogP contribution in [0.2, 0.25) is 0 Å². The second-order valence-corrected chi connectivity index (χ2v) is 8.19. The van der Waals surface area contributed by atoms with Crippen molar-refractivity contribution in [3.05, 3.63) is 78.4 Å². The molecule has 2 heterocycles. The molecule has 1 fully saturated rings. The summed E-state index contributed by atoms with van der Waals surface area (Å²) in [6.45, 7) is 4.76. The van der Waals surface area contributed by atoms with Crippen LogP contribution in [-0.2, 0) is 16.0 Å². The molecule has 170 valence electrons. The Kier molecular flexibility index (Phi) is 7.29. The number of hydrogen-bond donors (Lipinski definition) is 0. The van der Waals surface area contributed by atoms with Crippen LogP contribution in [-0.4, -0.2) is 71.1 Å². The van der Waals surface area contributed by atoms with Crippen LogP contribution in [0, 0.1) is 0 Å². The number of anilines is 1. The highest BCUT2D eigenvalue weighted by molar-refractivity contribution is 5.84. The maximum absolute atomic E-state index is 12.9. The lowest BCUT2D eigenvalue weighted by Crippen LogP contribution is -2.52. The highest BCUT2D eigenvalue weighted by Gasteiger charge is 2.24. The number of benzene rings is 2. The number of piperazine rings is 1. The maximum Gasteiger partial charge on any atom is 0.242 e. The standard InChI is InChI=1S/C26H29N5O2/c1-21(32)31(15-14-22-8-4-2-5-9-22)20-26(33)30-18-16-29(17-19-30)25-13-12-24(27-28-25)23-10-6-3-7-11-23/h2-13H,14-20H2,1H3. The van der Waals surface area contributed by atoms with Gasteiger partial charge >= 0.3 is 0 Å². The summed E-state index contributed by atoms with van der Waals surface area (Å²) >= 11 is 0. The minimum absolute atomic E-state index is 0.0107. The first-order valence-electron chi connectivity index (χ1n) is 11.3. The van der Waals surface area contributed by atoms with E-state index in [1.807, 2.05) is 77.7 Å². The fourth-order valence-corrected chi connectivity index (χ4v) is 3.96. The Balaban J connectivity index is 1.28. The lowest BCUT2D eigenvalue weighted by molar-refractivity contribution is -0.139. The zero-order chi connectivity index (χ0) is 23.0. The molecule has 0 N–H and O–H groups in total. The third kappa shape index (κ3) is 5.94. The fourth-order valence-electron chi connectivity index (χ4n) is 3.96. The van der Waals surface area contributed by atoms with Crippen molar-refractivity contribution in [1.82, 2.24) is 20.0 Å². The summed E-state index contributed by atoms with van der Waals surface area (Å²) < 4.78 is 0. The van der Waals surface area contributed by atoms with Gasteiger partial charge in [0.25, 0.3) is 0 Å². The maximum atomic E-state index is 12.9. The van der Waals surface area contributed by atoms with E-state index in [-0.39, 0.29) is 18.4 Å². The van der Waals surface area contributed by atoms with Gasteiger partial charge in [0.2, 0.25) is 11.8 Å². The third-order valence-electron chi connectivity index (χ3n) is 5.96. The Hall–Kier alpha value is -3.74. The molecule has 1 aliphatic rings. The number of hydrogen-bond acceptors (Lipinski definition) is 5. The lowest BCUT2D eigenvalue weighted by atomic mass is 10.1. The smallest absolute Gasteiger partial charge is 0.242 e. The van der Waals surface area contributed by atoms with Gasteiger partial charge < -0.3 is 14.7 Å². The molecule has 1 saturated heterocycles. The molecule has 1 aliphatic heterocycles. The van der Waals surface area contributed by atoms with Crippen molar-refractivity contribution in [1.29, 1.82) is 0 Å². The molecule has 0 aliphatic carbocycles. The van der Waals surface area contributed by atoms with Crippen molar-refractivity contribution >= 4 is 17.6 Å². The molecule has 0 radical (unpaired) electrons. The van der Waals surface area contributed by atoms with E-state index in [9.17, 15) is 9.59 Å². The molecular weight excluding hydrogens is 414 g/mol. The second-order valence-electron chi connectivity index (χ2n) is 8.19. The number of nitrogens with zero attached hydrogens (tertiary/aromatic N) is 5. The average molecular weight is 444 g/mol. The Morgan fingerprint density at radius 2 is 1.52 bits per heavy atom. The Morgan fingerprint density at radius 1 is 0.848 bits per heavy atom. The van der Waals surface area contributed by atoms with Crippen LogP contribution in [0.25, 0.3) is 11.3 Å². The Bertz CT molecular complexity index is 1050. The van der Waals surface area contributed by atoms with Gasteiger partial charge in [0, 0.05) is 45.2 Å². The zero-order valence-corrected chi connectivity index (χ0v) is 18.9. The SMILES string of the molecule is CC(=O)N(CCc1ccccc1)CC(=O)N1CCN(c2ccc(-c3ccccc3)nn2)CC1. The van der Waals surface area contributed by atoms with Crippen molar-refractivity contribution in [3.63, 3.8) is 0 Å². The topological polar surface area (TPSA) is 69.6 Å². The summed E-state index contributed by atoms with van der Waals surface area (Å²) in [6.07, 6.45) is 0.735. The van der Waals surface area contributed by atoms with E-state index in [0.29, 0.717) is 32.7 Å². The summed E-state index contributed by atoms with van der Waals surface area (Å²) in [5.41, 5.74) is 3.03. The van der Waals surface area contributed by atoms with E-state index in [1.165, 1.54) is 6.92 Å². The quantitative estimate of drug-likeness (QED) is 0.562. The summed E-state index contributed by atoms with van der Waals surface area (Å²) in [7, 11) is 0. The molecule has 7 heteroatoms. The van der Waals surface area contributed by atoms with Gasteiger partial charge in [-0.3, -0.25) is 9.59 Å². The van der Waals surface area contributed by atoms with E-state index in [2.05, 4.69) is 15.1 Å². The molecule has 3 aromatic rings. The molecule has 0 unspecified atom stereocenters. The van der Waals surface area contributed by atoms with E-state index in [1.54, 1.807) is 4.90 Å². The predicted octanol–water partition coefficient (Wildman–Crippen LogP) is 2.88. The van der Waals surface area contributed by atoms with Crippen LogP contribution in [0.3, 0.4) is 0 Å². The minimum atomic E-state index is -0.0771. The average Bonchev–Trinajstić information content (AvgIpc) is 2.87. The molecule has 0 spiro atoms. The number of amides is 2. The molecule has 0 saturated carbocycles. The Labute approximate surface area is 194 Å². The highest BCUT2D eigenvalue weighted by Crippen LogP contribution is 2.19. The van der Waals surface area contributed by atoms with Crippen molar-refractivity contribution in [3.8, 4) is 11.3 Å². The molecule has 7 nitrogen and oxygen atoms in total. The lowest BCUT2D eigenvalue weighted by Gasteiger charge is -2.36. The summed E-state index contributed by atoms with van der Waals surface area (Å²) in [5.74, 6) is 0.727. The Morgan fingerprint density at radius 3 is 2.12 bits per heavy atom. The molecule has 0 atom stereocenters. The van der Waals surface area contributed by atoms with Gasteiger partial charge in [-0.25, -0.2) is 0 Å². The zero-order valence-electron chi connectivity index (χ0n) is 18.9. The van der Waals surface area contributed by atoms with Gasteiger partial charge in [-0.05, 0) is 24.1 Å². The number of carbonyl (C=O) groups is 2. The largest absolute Gasteiger partial charge is 0.352 e. The normalized spacial score (nSPS) is 13.6. The first kappa shape index (κ1) is 22.5. The van der Waals surface area contributed by atoms with E-state index in [0.717, 1.165) is 29.1 Å². The minimum Gasteiger partial charge on any atom is -0.352 e. The molecule has 33 heavy (non-hydrogen) atoms. The van der Waals surface area contributed by atoms with Gasteiger partial charge in [-0.2, -0.15) is 0 Å². The van der Waals surface area contributed by atoms with Crippen LogP contribution in [0.4, 0.5) is 5.82 Å². The van der Waals surface area contributed by atoms with Gasteiger partial charge in [-0.1, -0.05) is 60.7 Å². The summed E-state index contributed by atoms with van der Waals surface area (Å²) in [6, 6.07) is 23.9. The molecule has 2 amide bonds. The van der Waals surface area contributed by atoms with Crippen LogP contribution in [0.1, 0.15) is 12.5 Å². The number of carbonyl (C=O) groups excluding carboxylic acids is 2. The third-order valence-corrected chi connectivity index (χ3v) is 5.96. The number of aromatic nitrogens is 2.